The molecule has 4 aromatic rings. The summed E-state index contributed by atoms with van der Waals surface area (Å²) in [7, 11) is -2.35. The molecule has 4 aromatic carbocycles. The van der Waals surface area contributed by atoms with E-state index in [1.165, 1.54) is 21.2 Å². The molecule has 1 heterocycles. The zero-order valence-electron chi connectivity index (χ0n) is 23.3. The summed E-state index contributed by atoms with van der Waals surface area (Å²) in [6.45, 7) is 5.40. The van der Waals surface area contributed by atoms with Gasteiger partial charge in [0.1, 0.15) is 0 Å². The summed E-state index contributed by atoms with van der Waals surface area (Å²) < 4.78 is 9.52. The Morgan fingerprint density at radius 1 is 0.762 bits per heavy atom. The minimum atomic E-state index is -2.35. The van der Waals surface area contributed by atoms with Crippen LogP contribution >= 0.6 is 7.26 Å². The van der Waals surface area contributed by atoms with Crippen molar-refractivity contribution in [1.29, 1.82) is 0 Å². The monoisotopic (exact) mass is 738 g/mol. The van der Waals surface area contributed by atoms with Crippen LogP contribution in [-0.2, 0) is 22.7 Å². The fourth-order valence-electron chi connectivity index (χ4n) is 5.12. The molecule has 0 saturated carbocycles. The predicted molar refractivity (Wildman–Crippen MR) is 177 cm³/mol. The number of terminal acetylenes is 1. The van der Waals surface area contributed by atoms with E-state index in [0.717, 1.165) is 27.8 Å². The number of benzene rings is 4. The Morgan fingerprint density at radius 3 is 1.76 bits per heavy atom. The quantitative estimate of drug-likeness (QED) is 0.104. The first kappa shape index (κ1) is 29.4. The molecule has 0 bridgehead atoms. The van der Waals surface area contributed by atoms with E-state index in [0.29, 0.717) is 13.2 Å². The van der Waals surface area contributed by atoms with Gasteiger partial charge in [0.15, 0.2) is 0 Å². The Bertz CT molecular complexity index is 1650. The zero-order chi connectivity index (χ0) is 29.2. The summed E-state index contributed by atoms with van der Waals surface area (Å²) in [6, 6.07) is 40.7. The van der Waals surface area contributed by atoms with E-state index in [9.17, 15) is 0 Å². The maximum atomic E-state index is 5.77. The van der Waals surface area contributed by atoms with Gasteiger partial charge >= 0.3 is 255 Å². The summed E-state index contributed by atoms with van der Waals surface area (Å²) in [6.07, 6.45) is 16.3. The van der Waals surface area contributed by atoms with Gasteiger partial charge in [-0.15, -0.1) is 6.42 Å². The third-order valence-corrected chi connectivity index (χ3v) is 12.6. The van der Waals surface area contributed by atoms with Gasteiger partial charge in [0, 0.05) is 0 Å². The van der Waals surface area contributed by atoms with Gasteiger partial charge in [0.2, 0.25) is 0 Å². The van der Waals surface area contributed by atoms with Gasteiger partial charge in [-0.25, -0.2) is 0 Å². The van der Waals surface area contributed by atoms with E-state index >= 15 is 0 Å². The first-order valence-electron chi connectivity index (χ1n) is 13.7. The molecule has 0 aromatic heterocycles. The fraction of sp³-hybridized carbons (Fsp3) is 0.0513. The summed E-state index contributed by atoms with van der Waals surface area (Å²) in [5, 5.41) is 5.03. The van der Waals surface area contributed by atoms with Crippen LogP contribution in [0.4, 0.5) is 0 Å². The van der Waals surface area contributed by atoms with Crippen molar-refractivity contribution in [1.82, 2.24) is 0 Å². The second-order valence-electron chi connectivity index (χ2n) is 9.82. The Balaban J connectivity index is 1.77. The molecule has 0 spiro atoms. The molecule has 1 aliphatic heterocycles. The Hall–Kier alpha value is -4.05. The number of rotatable bonds is 8. The van der Waals surface area contributed by atoms with Crippen LogP contribution in [-0.4, -0.2) is 13.2 Å². The van der Waals surface area contributed by atoms with Gasteiger partial charge < -0.3 is 0 Å². The van der Waals surface area contributed by atoms with Crippen LogP contribution in [0.15, 0.2) is 168 Å². The molecular weight excluding hydrogens is 706 g/mol. The average molecular weight is 737 g/mol. The van der Waals surface area contributed by atoms with Crippen LogP contribution in [0.1, 0.15) is 11.1 Å². The Morgan fingerprint density at radius 2 is 1.31 bits per heavy atom. The maximum absolute atomic E-state index is 5.77. The average Bonchev–Trinajstić information content (AvgIpc) is 3.46. The predicted octanol–water partition coefficient (Wildman–Crippen LogP) is 7.50. The summed E-state index contributed by atoms with van der Waals surface area (Å²) in [5.74, 6) is 2.68. The second kappa shape index (κ2) is 14.2. The molecule has 0 N–H and O–H groups in total. The molecule has 42 heavy (non-hydrogen) atoms. The number of allylic oxidation sites excluding steroid dienone is 6. The fourth-order valence-corrected chi connectivity index (χ4v) is 10.9. The Kier molecular flexibility index (Phi) is 9.97. The van der Waals surface area contributed by atoms with Gasteiger partial charge in [0.25, 0.3) is 0 Å². The van der Waals surface area contributed by atoms with Crippen molar-refractivity contribution in [2.24, 2.45) is 0 Å². The molecule has 0 aliphatic carbocycles. The summed E-state index contributed by atoms with van der Waals surface area (Å²) >= 11 is 1.78. The molecule has 5 rings (SSSR count). The van der Waals surface area contributed by atoms with Gasteiger partial charge in [-0.05, 0) is 0 Å². The normalized spacial score (nSPS) is 15.1. The van der Waals surface area contributed by atoms with Gasteiger partial charge in [0.05, 0.1) is 0 Å². The van der Waals surface area contributed by atoms with E-state index in [1.54, 1.807) is 17.9 Å². The number of ether oxygens (including phenoxy) is 1. The van der Waals surface area contributed by atoms with Crippen molar-refractivity contribution in [3.8, 4) is 16.7 Å². The van der Waals surface area contributed by atoms with E-state index in [4.69, 9.17) is 11.2 Å². The van der Waals surface area contributed by atoms with Crippen LogP contribution in [0, 0.1) is 16.7 Å². The summed E-state index contributed by atoms with van der Waals surface area (Å²) in [4.78, 5) is 0. The first-order valence-corrected chi connectivity index (χ1v) is 16.8. The van der Waals surface area contributed by atoms with E-state index in [2.05, 4.69) is 138 Å². The van der Waals surface area contributed by atoms with Gasteiger partial charge in [-0.3, -0.25) is 0 Å². The van der Waals surface area contributed by atoms with Crippen molar-refractivity contribution >= 4 is 29.3 Å². The molecule has 1 saturated heterocycles. The van der Waals surface area contributed by atoms with Crippen LogP contribution in [0.3, 0.4) is 0 Å². The molecule has 205 valence electrons. The molecule has 0 radical (unpaired) electrons. The van der Waals surface area contributed by atoms with Crippen molar-refractivity contribution in [3.63, 3.8) is 0 Å². The third-order valence-electron chi connectivity index (χ3n) is 7.19. The van der Waals surface area contributed by atoms with Crippen LogP contribution in [0.5, 0.6) is 0 Å². The van der Waals surface area contributed by atoms with E-state index in [1.807, 2.05) is 24.3 Å². The minimum absolute atomic E-state index is 0.556. The van der Waals surface area contributed by atoms with Crippen LogP contribution in [0.2, 0.25) is 0 Å². The number of hydrogen-bond acceptors (Lipinski definition) is 1. The molecule has 0 amide bonds. The first-order chi connectivity index (χ1) is 20.7. The molecule has 0 unspecified atom stereocenters. The molecule has 1 nitrogen and oxygen atoms in total. The standard InChI is InChI=1S/C39H31OP.Os/c1-4-33-24-26-34(27-25-33)16-14-15-17-35(28-36-30-40-29-31(36)2)32(3)41(37-18-8-5-9-19-37,38-20-10-6-11-21-38)39-22-12-7-13-23-39;/h1,5-28H,2,29-30H2;/q+1;/b16-14+,17-15+,35-32?,36-28?;. The van der Waals surface area contributed by atoms with Gasteiger partial charge in [-0.2, -0.15) is 0 Å². The molecule has 3 heteroatoms. The Labute approximate surface area is 260 Å². The molecule has 0 atom stereocenters. The topological polar surface area (TPSA) is 9.23 Å². The van der Waals surface area contributed by atoms with Crippen molar-refractivity contribution in [2.45, 2.75) is 0 Å². The van der Waals surface area contributed by atoms with Crippen molar-refractivity contribution < 1.29 is 22.7 Å². The van der Waals surface area contributed by atoms with Crippen molar-refractivity contribution in [2.75, 3.05) is 13.2 Å². The zero-order valence-corrected chi connectivity index (χ0v) is 26.7. The van der Waals surface area contributed by atoms with Gasteiger partial charge in [-0.1, -0.05) is 0 Å². The SMILES string of the molecule is C#Cc1ccc(/C=C/C=C/C(C=C2COCC2=C)=C([C]#[Os])[P+](c2ccccc2)(c2ccccc2)c2ccccc2)cc1. The van der Waals surface area contributed by atoms with Crippen LogP contribution in [0.25, 0.3) is 6.08 Å². The molecule has 1 fully saturated rings. The van der Waals surface area contributed by atoms with Crippen LogP contribution < -0.4 is 15.9 Å². The number of hydrogen-bond donors (Lipinski definition) is 0. The third kappa shape index (κ3) is 6.38. The summed E-state index contributed by atoms with van der Waals surface area (Å²) in [5.41, 5.74) is 5.21. The molecule has 1 aliphatic rings. The van der Waals surface area contributed by atoms with E-state index in [-0.39, 0.29) is 0 Å². The van der Waals surface area contributed by atoms with E-state index < -0.39 is 7.26 Å². The molecular formula is C39H31OOsP+. The second-order valence-corrected chi connectivity index (χ2v) is 13.8. The van der Waals surface area contributed by atoms with Crippen molar-refractivity contribution in [3.05, 3.63) is 179 Å².